The third-order valence-electron chi connectivity index (χ3n) is 6.11. The molecule has 0 radical (unpaired) electrons. The number of amides is 1. The molecule has 28 heavy (non-hydrogen) atoms. The van der Waals surface area contributed by atoms with E-state index in [0.29, 0.717) is 24.9 Å². The Hall–Kier alpha value is -2.03. The fourth-order valence-electron chi connectivity index (χ4n) is 4.38. The Kier molecular flexibility index (Phi) is 4.89. The van der Waals surface area contributed by atoms with Crippen LogP contribution in [0.15, 0.2) is 6.07 Å². The molecular weight excluding hydrogens is 373 g/mol. The van der Waals surface area contributed by atoms with Crippen molar-refractivity contribution in [3.8, 4) is 5.88 Å². The number of piperidine rings is 1. The molecule has 2 saturated heterocycles. The molecule has 154 valence electrons. The van der Waals surface area contributed by atoms with E-state index in [2.05, 4.69) is 15.6 Å². The van der Waals surface area contributed by atoms with Gasteiger partial charge in [-0.2, -0.15) is 4.98 Å². The van der Waals surface area contributed by atoms with E-state index in [4.69, 9.17) is 4.74 Å². The first kappa shape index (κ1) is 19.3. The number of nitrogens with zero attached hydrogens (tertiary/aromatic N) is 2. The van der Waals surface area contributed by atoms with Crippen LogP contribution in [0.3, 0.4) is 0 Å². The van der Waals surface area contributed by atoms with Gasteiger partial charge in [-0.3, -0.25) is 4.79 Å². The van der Waals surface area contributed by atoms with Crippen LogP contribution in [0.2, 0.25) is 0 Å². The SMILES string of the molecule is COc1nc(N2CCC[C@@]3(C2)CC3(F)F)c(F)cc1CNC(=O)[C@@H]1CCCN1. The standard InChI is InChI=1S/C19H25F3N4O2/c1-28-17-12(9-24-16(27)14-4-2-6-23-14)8-13(20)15(25-17)26-7-3-5-18(11-26)10-19(18,21)22/h8,14,23H,2-7,9-11H2,1H3,(H,24,27)/t14-,18-/m0/s1. The largest absolute Gasteiger partial charge is 0.481 e. The molecule has 0 unspecified atom stereocenters. The zero-order valence-corrected chi connectivity index (χ0v) is 15.9. The van der Waals surface area contributed by atoms with E-state index in [9.17, 15) is 18.0 Å². The number of carbonyl (C=O) groups is 1. The number of aromatic nitrogens is 1. The number of hydrogen-bond acceptors (Lipinski definition) is 5. The van der Waals surface area contributed by atoms with Crippen LogP contribution in [0.1, 0.15) is 37.7 Å². The maximum absolute atomic E-state index is 14.8. The molecule has 1 spiro atoms. The third kappa shape index (κ3) is 3.40. The van der Waals surface area contributed by atoms with Crippen molar-refractivity contribution in [1.29, 1.82) is 0 Å². The minimum Gasteiger partial charge on any atom is -0.481 e. The molecule has 0 bridgehead atoms. The number of nitrogens with one attached hydrogen (secondary N) is 2. The normalized spacial score (nSPS) is 28.4. The maximum Gasteiger partial charge on any atom is 0.256 e. The lowest BCUT2D eigenvalue weighted by Crippen LogP contribution is -2.40. The van der Waals surface area contributed by atoms with Crippen molar-refractivity contribution in [2.75, 3.05) is 31.6 Å². The molecule has 3 fully saturated rings. The lowest BCUT2D eigenvalue weighted by molar-refractivity contribution is -0.122. The number of ether oxygens (including phenoxy) is 1. The zero-order valence-electron chi connectivity index (χ0n) is 15.9. The molecule has 9 heteroatoms. The second kappa shape index (κ2) is 7.09. The van der Waals surface area contributed by atoms with Crippen molar-refractivity contribution in [3.05, 3.63) is 17.4 Å². The lowest BCUT2D eigenvalue weighted by Gasteiger charge is -2.34. The molecule has 1 saturated carbocycles. The molecule has 1 aliphatic carbocycles. The Labute approximate surface area is 161 Å². The van der Waals surface area contributed by atoms with Gasteiger partial charge in [0, 0.05) is 31.6 Å². The van der Waals surface area contributed by atoms with Crippen molar-refractivity contribution in [1.82, 2.24) is 15.6 Å². The maximum atomic E-state index is 14.8. The minimum atomic E-state index is -2.68. The average Bonchev–Trinajstić information content (AvgIpc) is 3.05. The number of carbonyl (C=O) groups excluding carboxylic acids is 1. The highest BCUT2D eigenvalue weighted by molar-refractivity contribution is 5.82. The van der Waals surface area contributed by atoms with Crippen molar-refractivity contribution in [3.63, 3.8) is 0 Å². The smallest absolute Gasteiger partial charge is 0.256 e. The van der Waals surface area contributed by atoms with Gasteiger partial charge < -0.3 is 20.3 Å². The minimum absolute atomic E-state index is 0.0335. The number of methoxy groups -OCH3 is 1. The van der Waals surface area contributed by atoms with Gasteiger partial charge in [0.2, 0.25) is 11.8 Å². The van der Waals surface area contributed by atoms with E-state index in [-0.39, 0.29) is 43.2 Å². The van der Waals surface area contributed by atoms with E-state index < -0.39 is 17.2 Å². The first-order valence-electron chi connectivity index (χ1n) is 9.72. The Bertz CT molecular complexity index is 770. The lowest BCUT2D eigenvalue weighted by atomic mass is 9.94. The van der Waals surface area contributed by atoms with Crippen molar-refractivity contribution in [2.45, 2.75) is 50.6 Å². The van der Waals surface area contributed by atoms with Gasteiger partial charge >= 0.3 is 0 Å². The number of pyridine rings is 1. The van der Waals surface area contributed by atoms with Crippen LogP contribution in [0.5, 0.6) is 5.88 Å². The van der Waals surface area contributed by atoms with Gasteiger partial charge in [-0.1, -0.05) is 0 Å². The Morgan fingerprint density at radius 2 is 2.25 bits per heavy atom. The molecule has 1 aromatic heterocycles. The van der Waals surface area contributed by atoms with Crippen molar-refractivity contribution in [2.24, 2.45) is 5.41 Å². The molecule has 3 aliphatic rings. The number of hydrogen-bond donors (Lipinski definition) is 2. The summed E-state index contributed by atoms with van der Waals surface area (Å²) in [5, 5.41) is 5.88. The van der Waals surface area contributed by atoms with Crippen molar-refractivity contribution < 1.29 is 22.7 Å². The fraction of sp³-hybridized carbons (Fsp3) is 0.684. The number of halogens is 3. The molecule has 2 aliphatic heterocycles. The molecule has 1 amide bonds. The van der Waals surface area contributed by atoms with Crippen LogP contribution in [0.25, 0.3) is 0 Å². The Morgan fingerprint density at radius 3 is 2.89 bits per heavy atom. The van der Waals surface area contributed by atoms with Gasteiger partial charge in [-0.05, 0) is 38.3 Å². The molecule has 2 N–H and O–H groups in total. The monoisotopic (exact) mass is 398 g/mol. The summed E-state index contributed by atoms with van der Waals surface area (Å²) in [5.41, 5.74) is -0.633. The fourth-order valence-corrected chi connectivity index (χ4v) is 4.38. The first-order chi connectivity index (χ1) is 13.4. The second-order valence-corrected chi connectivity index (χ2v) is 8.02. The summed E-state index contributed by atoms with van der Waals surface area (Å²) in [7, 11) is 1.42. The van der Waals surface area contributed by atoms with E-state index in [1.165, 1.54) is 13.2 Å². The van der Waals surface area contributed by atoms with Crippen LogP contribution in [0.4, 0.5) is 19.0 Å². The van der Waals surface area contributed by atoms with Gasteiger partial charge in [0.05, 0.1) is 18.6 Å². The summed E-state index contributed by atoms with van der Waals surface area (Å²) in [6.07, 6.45) is 2.60. The predicted molar refractivity (Wildman–Crippen MR) is 97.1 cm³/mol. The van der Waals surface area contributed by atoms with Crippen LogP contribution >= 0.6 is 0 Å². The van der Waals surface area contributed by atoms with E-state index in [1.54, 1.807) is 4.90 Å². The molecule has 1 aromatic rings. The third-order valence-corrected chi connectivity index (χ3v) is 6.11. The summed E-state index contributed by atoms with van der Waals surface area (Å²) in [6.45, 7) is 1.47. The molecule has 4 rings (SSSR count). The number of anilines is 1. The summed E-state index contributed by atoms with van der Waals surface area (Å²) in [5.74, 6) is -3.18. The molecule has 6 nitrogen and oxygen atoms in total. The number of alkyl halides is 2. The number of rotatable bonds is 5. The second-order valence-electron chi connectivity index (χ2n) is 8.02. The van der Waals surface area contributed by atoms with Gasteiger partial charge in [0.25, 0.3) is 5.92 Å². The quantitative estimate of drug-likeness (QED) is 0.796. The molecule has 2 atom stereocenters. The summed E-state index contributed by atoms with van der Waals surface area (Å²) >= 11 is 0. The highest BCUT2D eigenvalue weighted by atomic mass is 19.3. The van der Waals surface area contributed by atoms with E-state index in [0.717, 1.165) is 19.4 Å². The van der Waals surface area contributed by atoms with Crippen LogP contribution in [0, 0.1) is 11.2 Å². The molecule has 3 heterocycles. The van der Waals surface area contributed by atoms with Crippen LogP contribution in [-0.4, -0.2) is 49.6 Å². The van der Waals surface area contributed by atoms with Gasteiger partial charge in [-0.15, -0.1) is 0 Å². The van der Waals surface area contributed by atoms with Gasteiger partial charge in [-0.25, -0.2) is 13.2 Å². The van der Waals surface area contributed by atoms with Crippen molar-refractivity contribution >= 4 is 11.7 Å². The average molecular weight is 398 g/mol. The molecule has 0 aromatic carbocycles. The Balaban J connectivity index is 1.48. The summed E-state index contributed by atoms with van der Waals surface area (Å²) in [6, 6.07) is 1.04. The summed E-state index contributed by atoms with van der Waals surface area (Å²) in [4.78, 5) is 18.0. The van der Waals surface area contributed by atoms with Gasteiger partial charge in [0.15, 0.2) is 11.6 Å². The van der Waals surface area contributed by atoms with Crippen LogP contribution in [-0.2, 0) is 11.3 Å². The highest BCUT2D eigenvalue weighted by Gasteiger charge is 2.71. The predicted octanol–water partition coefficient (Wildman–Crippen LogP) is 2.22. The van der Waals surface area contributed by atoms with E-state index >= 15 is 0 Å². The topological polar surface area (TPSA) is 66.5 Å². The zero-order chi connectivity index (χ0) is 19.9. The highest BCUT2D eigenvalue weighted by Crippen LogP contribution is 2.64. The van der Waals surface area contributed by atoms with Crippen LogP contribution < -0.4 is 20.3 Å². The Morgan fingerprint density at radius 1 is 1.46 bits per heavy atom. The van der Waals surface area contributed by atoms with E-state index in [1.807, 2.05) is 0 Å². The molecular formula is C19H25F3N4O2. The first-order valence-corrected chi connectivity index (χ1v) is 9.72. The summed E-state index contributed by atoms with van der Waals surface area (Å²) < 4.78 is 47.6. The van der Waals surface area contributed by atoms with Gasteiger partial charge in [0.1, 0.15) is 0 Å².